The fraction of sp³-hybridized carbons (Fsp3) is 0.667. The Morgan fingerprint density at radius 2 is 2.44 bits per heavy atom. The standard InChI is InChI=1S/C12H19ClN4O/c1-3-5-14-12-15-7-10(13)11(16-12)17-6-4-9(8-17)18-2/h7,9H,3-6,8H2,1-2H3,(H,14,15,16). The second kappa shape index (κ2) is 6.20. The molecule has 5 nitrogen and oxygen atoms in total. The summed E-state index contributed by atoms with van der Waals surface area (Å²) in [6.07, 6.45) is 3.97. The molecule has 18 heavy (non-hydrogen) atoms. The van der Waals surface area contributed by atoms with E-state index in [0.29, 0.717) is 11.0 Å². The van der Waals surface area contributed by atoms with Crippen molar-refractivity contribution in [3.05, 3.63) is 11.2 Å². The molecule has 1 fully saturated rings. The van der Waals surface area contributed by atoms with E-state index < -0.39 is 0 Å². The van der Waals surface area contributed by atoms with Crippen molar-refractivity contribution in [2.75, 3.05) is 37.0 Å². The van der Waals surface area contributed by atoms with Gasteiger partial charge in [-0.3, -0.25) is 0 Å². The lowest BCUT2D eigenvalue weighted by Gasteiger charge is -2.19. The fourth-order valence-electron chi connectivity index (χ4n) is 2.01. The molecule has 2 rings (SSSR count). The van der Waals surface area contributed by atoms with Crippen molar-refractivity contribution in [1.82, 2.24) is 9.97 Å². The van der Waals surface area contributed by atoms with Gasteiger partial charge in [0.1, 0.15) is 5.02 Å². The molecule has 1 N–H and O–H groups in total. The Morgan fingerprint density at radius 1 is 1.61 bits per heavy atom. The number of aromatic nitrogens is 2. The third kappa shape index (κ3) is 3.03. The Morgan fingerprint density at radius 3 is 3.11 bits per heavy atom. The maximum atomic E-state index is 6.17. The molecular weight excluding hydrogens is 252 g/mol. The summed E-state index contributed by atoms with van der Waals surface area (Å²) in [4.78, 5) is 10.8. The molecule has 2 heterocycles. The predicted molar refractivity (Wildman–Crippen MR) is 73.4 cm³/mol. The summed E-state index contributed by atoms with van der Waals surface area (Å²) in [5, 5.41) is 3.76. The molecule has 0 aromatic carbocycles. The molecule has 1 unspecified atom stereocenters. The smallest absolute Gasteiger partial charge is 0.224 e. The van der Waals surface area contributed by atoms with E-state index in [1.54, 1.807) is 13.3 Å². The molecular formula is C12H19ClN4O. The van der Waals surface area contributed by atoms with Crippen LogP contribution in [0.3, 0.4) is 0 Å². The summed E-state index contributed by atoms with van der Waals surface area (Å²) in [5.74, 6) is 1.43. The fourth-order valence-corrected chi connectivity index (χ4v) is 2.23. The largest absolute Gasteiger partial charge is 0.380 e. The van der Waals surface area contributed by atoms with Gasteiger partial charge >= 0.3 is 0 Å². The van der Waals surface area contributed by atoms with Gasteiger partial charge in [-0.15, -0.1) is 0 Å². The number of anilines is 2. The molecule has 1 saturated heterocycles. The van der Waals surface area contributed by atoms with Gasteiger partial charge in [0.25, 0.3) is 0 Å². The minimum absolute atomic E-state index is 0.267. The number of nitrogens with zero attached hydrogens (tertiary/aromatic N) is 3. The molecule has 6 heteroatoms. The van der Waals surface area contributed by atoms with E-state index in [1.165, 1.54) is 0 Å². The van der Waals surface area contributed by atoms with Crippen molar-refractivity contribution >= 4 is 23.4 Å². The van der Waals surface area contributed by atoms with Gasteiger partial charge in [0.15, 0.2) is 5.82 Å². The van der Waals surface area contributed by atoms with Crippen molar-refractivity contribution in [3.63, 3.8) is 0 Å². The Bertz CT molecular complexity index is 402. The monoisotopic (exact) mass is 270 g/mol. The molecule has 1 aromatic heterocycles. The van der Waals surface area contributed by atoms with E-state index in [2.05, 4.69) is 27.1 Å². The first-order chi connectivity index (χ1) is 8.74. The molecule has 0 amide bonds. The van der Waals surface area contributed by atoms with Crippen molar-refractivity contribution in [2.24, 2.45) is 0 Å². The maximum absolute atomic E-state index is 6.17. The van der Waals surface area contributed by atoms with E-state index in [9.17, 15) is 0 Å². The second-order valence-electron chi connectivity index (χ2n) is 4.38. The first kappa shape index (κ1) is 13.4. The minimum atomic E-state index is 0.267. The van der Waals surface area contributed by atoms with Crippen LogP contribution in [0.25, 0.3) is 0 Å². The van der Waals surface area contributed by atoms with Crippen LogP contribution in [0, 0.1) is 0 Å². The maximum Gasteiger partial charge on any atom is 0.224 e. The summed E-state index contributed by atoms with van der Waals surface area (Å²) in [6.45, 7) is 4.72. The van der Waals surface area contributed by atoms with Gasteiger partial charge in [0, 0.05) is 26.7 Å². The summed E-state index contributed by atoms with van der Waals surface area (Å²) >= 11 is 6.17. The Kier molecular flexibility index (Phi) is 4.60. The summed E-state index contributed by atoms with van der Waals surface area (Å²) < 4.78 is 5.35. The van der Waals surface area contributed by atoms with Crippen molar-refractivity contribution < 1.29 is 4.74 Å². The van der Waals surface area contributed by atoms with E-state index in [-0.39, 0.29) is 6.10 Å². The topological polar surface area (TPSA) is 50.3 Å². The van der Waals surface area contributed by atoms with E-state index in [0.717, 1.165) is 38.3 Å². The molecule has 1 aliphatic heterocycles. The summed E-state index contributed by atoms with van der Waals surface area (Å²) in [7, 11) is 1.74. The van der Waals surface area contributed by atoms with Crippen LogP contribution in [-0.2, 0) is 4.74 Å². The zero-order valence-corrected chi connectivity index (χ0v) is 11.6. The number of nitrogens with one attached hydrogen (secondary N) is 1. The Labute approximate surface area is 113 Å². The van der Waals surface area contributed by atoms with Gasteiger partial charge in [0.2, 0.25) is 5.95 Å². The third-order valence-electron chi connectivity index (χ3n) is 3.04. The number of hydrogen-bond donors (Lipinski definition) is 1. The van der Waals surface area contributed by atoms with Gasteiger partial charge in [-0.1, -0.05) is 18.5 Å². The third-order valence-corrected chi connectivity index (χ3v) is 3.30. The number of hydrogen-bond acceptors (Lipinski definition) is 5. The van der Waals surface area contributed by atoms with Crippen LogP contribution in [0.2, 0.25) is 5.02 Å². The van der Waals surface area contributed by atoms with E-state index in [1.807, 2.05) is 0 Å². The SMILES string of the molecule is CCCNc1ncc(Cl)c(N2CCC(OC)C2)n1. The zero-order chi connectivity index (χ0) is 13.0. The Hall–Kier alpha value is -1.07. The highest BCUT2D eigenvalue weighted by molar-refractivity contribution is 6.32. The summed E-state index contributed by atoms with van der Waals surface area (Å²) in [5.41, 5.74) is 0. The van der Waals surface area contributed by atoms with E-state index in [4.69, 9.17) is 16.3 Å². The lowest BCUT2D eigenvalue weighted by molar-refractivity contribution is 0.121. The molecule has 0 spiro atoms. The zero-order valence-electron chi connectivity index (χ0n) is 10.8. The first-order valence-corrected chi connectivity index (χ1v) is 6.66. The van der Waals surface area contributed by atoms with Crippen molar-refractivity contribution in [3.8, 4) is 0 Å². The van der Waals surface area contributed by atoms with Crippen LogP contribution < -0.4 is 10.2 Å². The quantitative estimate of drug-likeness (QED) is 0.889. The van der Waals surface area contributed by atoms with Gasteiger partial charge in [0.05, 0.1) is 12.3 Å². The highest BCUT2D eigenvalue weighted by Crippen LogP contribution is 2.27. The molecule has 100 valence electrons. The lowest BCUT2D eigenvalue weighted by Crippen LogP contribution is -2.24. The molecule has 0 bridgehead atoms. The van der Waals surface area contributed by atoms with Crippen LogP contribution in [0.1, 0.15) is 19.8 Å². The van der Waals surface area contributed by atoms with Crippen molar-refractivity contribution in [1.29, 1.82) is 0 Å². The van der Waals surface area contributed by atoms with Crippen LogP contribution in [-0.4, -0.2) is 42.8 Å². The highest BCUT2D eigenvalue weighted by atomic mass is 35.5. The highest BCUT2D eigenvalue weighted by Gasteiger charge is 2.25. The second-order valence-corrected chi connectivity index (χ2v) is 4.79. The predicted octanol–water partition coefficient (Wildman–Crippen LogP) is 2.18. The van der Waals surface area contributed by atoms with Crippen molar-refractivity contribution in [2.45, 2.75) is 25.9 Å². The van der Waals surface area contributed by atoms with Gasteiger partial charge in [-0.05, 0) is 12.8 Å². The van der Waals surface area contributed by atoms with Crippen LogP contribution in [0.4, 0.5) is 11.8 Å². The number of halogens is 1. The molecule has 1 aromatic rings. The van der Waals surface area contributed by atoms with Gasteiger partial charge < -0.3 is 15.0 Å². The molecule has 0 aliphatic carbocycles. The average molecular weight is 271 g/mol. The number of ether oxygens (including phenoxy) is 1. The van der Waals surface area contributed by atoms with Gasteiger partial charge in [-0.2, -0.15) is 4.98 Å². The molecule has 0 radical (unpaired) electrons. The normalized spacial score (nSPS) is 19.3. The van der Waals surface area contributed by atoms with Crippen LogP contribution in [0.5, 0.6) is 0 Å². The van der Waals surface area contributed by atoms with Crippen LogP contribution >= 0.6 is 11.6 Å². The molecule has 1 atom stereocenters. The van der Waals surface area contributed by atoms with E-state index >= 15 is 0 Å². The molecule has 1 aliphatic rings. The minimum Gasteiger partial charge on any atom is -0.380 e. The average Bonchev–Trinajstić information content (AvgIpc) is 2.86. The lowest BCUT2D eigenvalue weighted by atomic mass is 10.3. The Balaban J connectivity index is 2.11. The number of rotatable bonds is 5. The van der Waals surface area contributed by atoms with Crippen LogP contribution in [0.15, 0.2) is 6.20 Å². The first-order valence-electron chi connectivity index (χ1n) is 6.28. The molecule has 0 saturated carbocycles. The number of methoxy groups -OCH3 is 1. The summed E-state index contributed by atoms with van der Waals surface area (Å²) in [6, 6.07) is 0. The van der Waals surface area contributed by atoms with Gasteiger partial charge in [-0.25, -0.2) is 4.98 Å².